The van der Waals surface area contributed by atoms with Crippen molar-refractivity contribution in [1.82, 2.24) is 4.90 Å². The number of amides is 1. The second-order valence-corrected chi connectivity index (χ2v) is 7.83. The van der Waals surface area contributed by atoms with Crippen molar-refractivity contribution < 1.29 is 19.4 Å². The molecule has 0 bridgehead atoms. The van der Waals surface area contributed by atoms with Gasteiger partial charge in [-0.05, 0) is 29.7 Å². The lowest BCUT2D eigenvalue weighted by atomic mass is 10.0. The van der Waals surface area contributed by atoms with Crippen molar-refractivity contribution in [2.45, 2.75) is 12.8 Å². The highest BCUT2D eigenvalue weighted by Crippen LogP contribution is 2.34. The Bertz CT molecular complexity index is 938. The van der Waals surface area contributed by atoms with Crippen LogP contribution in [0.4, 0.5) is 0 Å². The monoisotopic (exact) mass is 413 g/mol. The second-order valence-electron chi connectivity index (χ2n) is 6.15. The molecule has 2 aromatic carbocycles. The van der Waals surface area contributed by atoms with Crippen LogP contribution in [-0.2, 0) is 9.59 Å². The van der Waals surface area contributed by atoms with Crippen molar-refractivity contribution >= 4 is 46.3 Å². The van der Waals surface area contributed by atoms with Crippen LogP contribution in [0, 0.1) is 0 Å². The molecule has 28 heavy (non-hydrogen) atoms. The Hall–Kier alpha value is -2.64. The molecule has 1 heterocycles. The number of rotatable bonds is 7. The zero-order chi connectivity index (χ0) is 20.1. The van der Waals surface area contributed by atoms with Crippen molar-refractivity contribution in [2.24, 2.45) is 0 Å². The van der Waals surface area contributed by atoms with Crippen LogP contribution in [0.3, 0.4) is 0 Å². The summed E-state index contributed by atoms with van der Waals surface area (Å²) < 4.78 is 5.87. The van der Waals surface area contributed by atoms with E-state index in [9.17, 15) is 9.59 Å². The van der Waals surface area contributed by atoms with E-state index in [1.165, 1.54) is 16.7 Å². The van der Waals surface area contributed by atoms with Gasteiger partial charge < -0.3 is 9.84 Å². The van der Waals surface area contributed by atoms with Crippen LogP contribution in [0.25, 0.3) is 17.2 Å². The average Bonchev–Trinajstić information content (AvgIpc) is 2.95. The number of carbonyl (C=O) groups excluding carboxylic acids is 1. The minimum absolute atomic E-state index is 0.0144. The van der Waals surface area contributed by atoms with E-state index in [1.807, 2.05) is 54.6 Å². The van der Waals surface area contributed by atoms with Gasteiger partial charge in [-0.3, -0.25) is 14.5 Å². The number of hydrogen-bond acceptors (Lipinski definition) is 5. The molecule has 5 nitrogen and oxygen atoms in total. The van der Waals surface area contributed by atoms with Crippen LogP contribution in [0.5, 0.6) is 5.75 Å². The minimum atomic E-state index is -0.879. The zero-order valence-corrected chi connectivity index (χ0v) is 16.9. The molecule has 144 valence electrons. The molecule has 1 amide bonds. The van der Waals surface area contributed by atoms with Gasteiger partial charge in [0.25, 0.3) is 5.91 Å². The number of thiocarbonyl (C=S) groups is 1. The van der Waals surface area contributed by atoms with E-state index in [-0.39, 0.29) is 12.3 Å². The standard InChI is InChI=1S/C21H19NO4S2/c1-26-17-6-3-2-5-16(17)15-10-8-14(9-11-15)13-18-20(25)22(21(27)28-18)12-4-7-19(23)24/h2-3,5-6,8-11,13H,4,7,12H2,1H3,(H,23,24). The number of hydrogen-bond donors (Lipinski definition) is 1. The van der Waals surface area contributed by atoms with E-state index in [0.717, 1.165) is 22.4 Å². The molecule has 0 radical (unpaired) electrons. The van der Waals surface area contributed by atoms with Gasteiger partial charge in [0.2, 0.25) is 0 Å². The summed E-state index contributed by atoms with van der Waals surface area (Å²) >= 11 is 6.51. The molecule has 2 aromatic rings. The van der Waals surface area contributed by atoms with E-state index in [0.29, 0.717) is 22.2 Å². The molecule has 0 unspecified atom stereocenters. The zero-order valence-electron chi connectivity index (χ0n) is 15.3. The average molecular weight is 414 g/mol. The quantitative estimate of drug-likeness (QED) is 0.535. The Labute approximate surface area is 173 Å². The molecular weight excluding hydrogens is 394 g/mol. The molecule has 0 aromatic heterocycles. The highest BCUT2D eigenvalue weighted by atomic mass is 32.2. The summed E-state index contributed by atoms with van der Waals surface area (Å²) in [6.07, 6.45) is 2.20. The van der Waals surface area contributed by atoms with Crippen LogP contribution in [-0.4, -0.2) is 39.9 Å². The second kappa shape index (κ2) is 9.03. The lowest BCUT2D eigenvalue weighted by Crippen LogP contribution is -2.29. The topological polar surface area (TPSA) is 66.8 Å². The number of carbonyl (C=O) groups is 2. The Balaban J connectivity index is 1.74. The smallest absolute Gasteiger partial charge is 0.303 e. The number of thioether (sulfide) groups is 1. The third-order valence-corrected chi connectivity index (χ3v) is 5.65. The van der Waals surface area contributed by atoms with E-state index >= 15 is 0 Å². The largest absolute Gasteiger partial charge is 0.496 e. The number of para-hydroxylation sites is 1. The molecular formula is C21H19NO4S2. The number of carboxylic acid groups (broad SMARTS) is 1. The van der Waals surface area contributed by atoms with E-state index in [4.69, 9.17) is 22.1 Å². The first kappa shape index (κ1) is 20.1. The summed E-state index contributed by atoms with van der Waals surface area (Å²) in [5.41, 5.74) is 2.92. The molecule has 1 fully saturated rings. The molecule has 1 N–H and O–H groups in total. The van der Waals surface area contributed by atoms with Gasteiger partial charge in [-0.1, -0.05) is 66.4 Å². The first-order chi connectivity index (χ1) is 13.5. The first-order valence-corrected chi connectivity index (χ1v) is 9.92. The third kappa shape index (κ3) is 4.61. The van der Waals surface area contributed by atoms with Crippen molar-refractivity contribution in [3.05, 3.63) is 59.0 Å². The number of ether oxygens (including phenoxy) is 1. The maximum Gasteiger partial charge on any atom is 0.303 e. The van der Waals surface area contributed by atoms with Gasteiger partial charge in [0.15, 0.2) is 0 Å². The van der Waals surface area contributed by atoms with Gasteiger partial charge in [0, 0.05) is 18.5 Å². The molecule has 0 spiro atoms. The normalized spacial score (nSPS) is 15.3. The summed E-state index contributed by atoms with van der Waals surface area (Å²) in [7, 11) is 1.64. The molecule has 0 saturated carbocycles. The number of aliphatic carboxylic acids is 1. The molecule has 0 aliphatic carbocycles. The Morgan fingerprint density at radius 2 is 1.93 bits per heavy atom. The van der Waals surface area contributed by atoms with Crippen molar-refractivity contribution in [3.8, 4) is 16.9 Å². The van der Waals surface area contributed by atoms with Gasteiger partial charge in [0.05, 0.1) is 12.0 Å². The van der Waals surface area contributed by atoms with Crippen molar-refractivity contribution in [3.63, 3.8) is 0 Å². The summed E-state index contributed by atoms with van der Waals surface area (Å²) in [6.45, 7) is 0.320. The Morgan fingerprint density at radius 3 is 2.61 bits per heavy atom. The maximum atomic E-state index is 12.6. The molecule has 1 aliphatic rings. The van der Waals surface area contributed by atoms with Crippen LogP contribution in [0.1, 0.15) is 18.4 Å². The van der Waals surface area contributed by atoms with Crippen molar-refractivity contribution in [2.75, 3.05) is 13.7 Å². The summed E-state index contributed by atoms with van der Waals surface area (Å²) in [5, 5.41) is 8.74. The lowest BCUT2D eigenvalue weighted by molar-refractivity contribution is -0.137. The Kier molecular flexibility index (Phi) is 6.49. The molecule has 3 rings (SSSR count). The number of methoxy groups -OCH3 is 1. The fraction of sp³-hybridized carbons (Fsp3) is 0.190. The van der Waals surface area contributed by atoms with Crippen LogP contribution >= 0.6 is 24.0 Å². The van der Waals surface area contributed by atoms with Crippen LogP contribution in [0.2, 0.25) is 0 Å². The van der Waals surface area contributed by atoms with Gasteiger partial charge >= 0.3 is 5.97 Å². The molecule has 7 heteroatoms. The molecule has 0 atom stereocenters. The maximum absolute atomic E-state index is 12.6. The van der Waals surface area contributed by atoms with E-state index in [2.05, 4.69) is 0 Å². The van der Waals surface area contributed by atoms with E-state index < -0.39 is 5.97 Å². The number of benzene rings is 2. The predicted octanol–water partition coefficient (Wildman–Crippen LogP) is 4.43. The van der Waals surface area contributed by atoms with Gasteiger partial charge in [-0.15, -0.1) is 0 Å². The SMILES string of the molecule is COc1ccccc1-c1ccc(C=C2SC(=S)N(CCCC(=O)O)C2=O)cc1. The number of carboxylic acids is 1. The third-order valence-electron chi connectivity index (χ3n) is 4.27. The summed E-state index contributed by atoms with van der Waals surface area (Å²) in [5.74, 6) is -0.247. The van der Waals surface area contributed by atoms with Crippen molar-refractivity contribution in [1.29, 1.82) is 0 Å². The highest BCUT2D eigenvalue weighted by molar-refractivity contribution is 8.26. The Morgan fingerprint density at radius 1 is 1.21 bits per heavy atom. The summed E-state index contributed by atoms with van der Waals surface area (Å²) in [6, 6.07) is 15.7. The van der Waals surface area contributed by atoms with Crippen LogP contribution < -0.4 is 4.74 Å². The summed E-state index contributed by atoms with van der Waals surface area (Å²) in [4.78, 5) is 25.2. The first-order valence-electron chi connectivity index (χ1n) is 8.70. The molecule has 1 aliphatic heterocycles. The van der Waals surface area contributed by atoms with Gasteiger partial charge in [-0.2, -0.15) is 0 Å². The minimum Gasteiger partial charge on any atom is -0.496 e. The van der Waals surface area contributed by atoms with Gasteiger partial charge in [0.1, 0.15) is 10.1 Å². The molecule has 1 saturated heterocycles. The van der Waals surface area contributed by atoms with Crippen LogP contribution in [0.15, 0.2) is 53.4 Å². The van der Waals surface area contributed by atoms with E-state index in [1.54, 1.807) is 7.11 Å². The fourth-order valence-corrected chi connectivity index (χ4v) is 4.18. The number of nitrogens with zero attached hydrogens (tertiary/aromatic N) is 1. The highest BCUT2D eigenvalue weighted by Gasteiger charge is 2.31. The predicted molar refractivity (Wildman–Crippen MR) is 115 cm³/mol. The van der Waals surface area contributed by atoms with Gasteiger partial charge in [-0.25, -0.2) is 0 Å². The lowest BCUT2D eigenvalue weighted by Gasteiger charge is -2.13. The fourth-order valence-electron chi connectivity index (χ4n) is 2.87.